The first kappa shape index (κ1) is 15.7. The summed E-state index contributed by atoms with van der Waals surface area (Å²) in [4.78, 5) is 0. The van der Waals surface area contributed by atoms with Crippen molar-refractivity contribution in [2.45, 2.75) is 6.42 Å². The minimum absolute atomic E-state index is 0.0208. The Kier molecular flexibility index (Phi) is 6.38. The minimum Gasteiger partial charge on any atom is -0.494 e. The van der Waals surface area contributed by atoms with Crippen molar-refractivity contribution in [3.8, 4) is 22.6 Å². The van der Waals surface area contributed by atoms with Crippen LogP contribution in [-0.4, -0.2) is 30.8 Å². The van der Waals surface area contributed by atoms with Gasteiger partial charge in [-0.15, -0.1) is 11.6 Å². The maximum absolute atomic E-state index is 8.72. The molecule has 0 atom stereocenters. The highest BCUT2D eigenvalue weighted by Crippen LogP contribution is 2.24. The van der Waals surface area contributed by atoms with Gasteiger partial charge in [0.2, 0.25) is 0 Å². The number of aliphatic hydroxyl groups is 1. The highest BCUT2D eigenvalue weighted by molar-refractivity contribution is 6.17. The standard InChI is InChI=1S/C17H19ClO3/c18-10-1-12-20-16-6-2-14(3-7-16)15-4-8-17(9-5-15)21-13-11-19/h2-9,19H,1,10-13H2. The van der Waals surface area contributed by atoms with Crippen LogP contribution in [0.15, 0.2) is 48.5 Å². The molecule has 0 aliphatic heterocycles. The summed E-state index contributed by atoms with van der Waals surface area (Å²) in [7, 11) is 0. The Labute approximate surface area is 130 Å². The van der Waals surface area contributed by atoms with Crippen LogP contribution in [0.3, 0.4) is 0 Å². The van der Waals surface area contributed by atoms with Crippen LogP contribution in [0.25, 0.3) is 11.1 Å². The third kappa shape index (κ3) is 4.96. The first-order chi connectivity index (χ1) is 10.3. The largest absolute Gasteiger partial charge is 0.494 e. The topological polar surface area (TPSA) is 38.7 Å². The molecule has 0 bridgehead atoms. The lowest BCUT2D eigenvalue weighted by atomic mass is 10.1. The maximum Gasteiger partial charge on any atom is 0.119 e. The van der Waals surface area contributed by atoms with E-state index in [-0.39, 0.29) is 6.61 Å². The van der Waals surface area contributed by atoms with Crippen molar-refractivity contribution in [1.82, 2.24) is 0 Å². The van der Waals surface area contributed by atoms with Crippen molar-refractivity contribution in [3.63, 3.8) is 0 Å². The predicted octanol–water partition coefficient (Wildman–Crippen LogP) is 3.73. The molecule has 112 valence electrons. The number of halogens is 1. The molecule has 0 saturated heterocycles. The fourth-order valence-corrected chi connectivity index (χ4v) is 2.00. The molecule has 0 unspecified atom stereocenters. The summed E-state index contributed by atoms with van der Waals surface area (Å²) >= 11 is 5.61. The fraction of sp³-hybridized carbons (Fsp3) is 0.294. The Morgan fingerprint density at radius 2 is 1.24 bits per heavy atom. The van der Waals surface area contributed by atoms with Gasteiger partial charge in [-0.2, -0.15) is 0 Å². The summed E-state index contributed by atoms with van der Waals surface area (Å²) in [6.45, 7) is 0.973. The quantitative estimate of drug-likeness (QED) is 0.596. The SMILES string of the molecule is OCCOc1ccc(-c2ccc(OCCCCl)cc2)cc1. The summed E-state index contributed by atoms with van der Waals surface area (Å²) in [6.07, 6.45) is 0.846. The number of ether oxygens (including phenoxy) is 2. The molecule has 4 heteroatoms. The van der Waals surface area contributed by atoms with Gasteiger partial charge in [0.1, 0.15) is 18.1 Å². The zero-order valence-corrected chi connectivity index (χ0v) is 12.6. The molecule has 0 spiro atoms. The zero-order valence-electron chi connectivity index (χ0n) is 11.8. The molecule has 2 rings (SSSR count). The molecule has 0 fully saturated rings. The van der Waals surface area contributed by atoms with Gasteiger partial charge in [-0.3, -0.25) is 0 Å². The highest BCUT2D eigenvalue weighted by Gasteiger charge is 2.00. The van der Waals surface area contributed by atoms with Crippen LogP contribution < -0.4 is 9.47 Å². The molecule has 0 aromatic heterocycles. The molecule has 0 aliphatic rings. The second-order valence-electron chi connectivity index (χ2n) is 4.51. The number of rotatable bonds is 8. The smallest absolute Gasteiger partial charge is 0.119 e. The van der Waals surface area contributed by atoms with Gasteiger partial charge in [-0.05, 0) is 41.8 Å². The van der Waals surface area contributed by atoms with Crippen molar-refractivity contribution in [2.75, 3.05) is 25.7 Å². The number of aliphatic hydroxyl groups excluding tert-OH is 1. The van der Waals surface area contributed by atoms with Gasteiger partial charge < -0.3 is 14.6 Å². The summed E-state index contributed by atoms with van der Waals surface area (Å²) in [5.74, 6) is 2.23. The summed E-state index contributed by atoms with van der Waals surface area (Å²) in [6, 6.07) is 15.8. The highest BCUT2D eigenvalue weighted by atomic mass is 35.5. The Bertz CT molecular complexity index is 523. The summed E-state index contributed by atoms with van der Waals surface area (Å²) in [5, 5.41) is 8.72. The molecule has 0 saturated carbocycles. The van der Waals surface area contributed by atoms with Crippen LogP contribution in [0.4, 0.5) is 0 Å². The molecule has 0 radical (unpaired) electrons. The van der Waals surface area contributed by atoms with Crippen molar-refractivity contribution in [1.29, 1.82) is 0 Å². The van der Waals surface area contributed by atoms with Crippen molar-refractivity contribution in [2.24, 2.45) is 0 Å². The molecule has 21 heavy (non-hydrogen) atoms. The third-order valence-electron chi connectivity index (χ3n) is 2.95. The zero-order chi connectivity index (χ0) is 14.9. The van der Waals surface area contributed by atoms with Crippen LogP contribution in [0.5, 0.6) is 11.5 Å². The number of hydrogen-bond donors (Lipinski definition) is 1. The second-order valence-corrected chi connectivity index (χ2v) is 4.89. The van der Waals surface area contributed by atoms with E-state index < -0.39 is 0 Å². The van der Waals surface area contributed by atoms with Crippen LogP contribution in [-0.2, 0) is 0 Å². The summed E-state index contributed by atoms with van der Waals surface area (Å²) < 4.78 is 10.9. The van der Waals surface area contributed by atoms with Gasteiger partial charge in [0.05, 0.1) is 13.2 Å². The molecule has 2 aromatic carbocycles. The minimum atomic E-state index is 0.0208. The molecule has 2 aromatic rings. The normalized spacial score (nSPS) is 10.4. The number of hydrogen-bond acceptors (Lipinski definition) is 3. The Balaban J connectivity index is 1.97. The van der Waals surface area contributed by atoms with Crippen LogP contribution >= 0.6 is 11.6 Å². The van der Waals surface area contributed by atoms with E-state index >= 15 is 0 Å². The first-order valence-electron chi connectivity index (χ1n) is 6.96. The average molecular weight is 307 g/mol. The molecule has 0 amide bonds. The molecule has 0 aliphatic carbocycles. The van der Waals surface area contributed by atoms with E-state index in [4.69, 9.17) is 26.2 Å². The molecule has 3 nitrogen and oxygen atoms in total. The van der Waals surface area contributed by atoms with Gasteiger partial charge in [0, 0.05) is 5.88 Å². The van der Waals surface area contributed by atoms with E-state index in [2.05, 4.69) is 0 Å². The Morgan fingerprint density at radius 3 is 1.67 bits per heavy atom. The van der Waals surface area contributed by atoms with Crippen molar-refractivity contribution < 1.29 is 14.6 Å². The fourth-order valence-electron chi connectivity index (χ4n) is 1.90. The van der Waals surface area contributed by atoms with E-state index in [0.717, 1.165) is 29.0 Å². The Hall–Kier alpha value is -1.71. The molecule has 1 N–H and O–H groups in total. The van der Waals surface area contributed by atoms with E-state index in [9.17, 15) is 0 Å². The lowest BCUT2D eigenvalue weighted by molar-refractivity contribution is 0.201. The summed E-state index contributed by atoms with van der Waals surface area (Å²) in [5.41, 5.74) is 2.23. The lowest BCUT2D eigenvalue weighted by Crippen LogP contribution is -2.01. The second kappa shape index (κ2) is 8.55. The molecular formula is C17H19ClO3. The van der Waals surface area contributed by atoms with Gasteiger partial charge in [-0.25, -0.2) is 0 Å². The van der Waals surface area contributed by atoms with Gasteiger partial charge in [-0.1, -0.05) is 24.3 Å². The van der Waals surface area contributed by atoms with Crippen LogP contribution in [0.1, 0.15) is 6.42 Å². The number of benzene rings is 2. The maximum atomic E-state index is 8.72. The van der Waals surface area contributed by atoms with Crippen LogP contribution in [0.2, 0.25) is 0 Å². The molecular weight excluding hydrogens is 288 g/mol. The van der Waals surface area contributed by atoms with E-state index in [1.54, 1.807) is 0 Å². The van der Waals surface area contributed by atoms with Gasteiger partial charge in [0.25, 0.3) is 0 Å². The lowest BCUT2D eigenvalue weighted by Gasteiger charge is -2.08. The van der Waals surface area contributed by atoms with Crippen LogP contribution in [0, 0.1) is 0 Å². The van der Waals surface area contributed by atoms with Crippen molar-refractivity contribution in [3.05, 3.63) is 48.5 Å². The van der Waals surface area contributed by atoms with E-state index in [1.807, 2.05) is 48.5 Å². The van der Waals surface area contributed by atoms with E-state index in [0.29, 0.717) is 19.1 Å². The van der Waals surface area contributed by atoms with Gasteiger partial charge >= 0.3 is 0 Å². The Morgan fingerprint density at radius 1 is 0.762 bits per heavy atom. The van der Waals surface area contributed by atoms with E-state index in [1.165, 1.54) is 0 Å². The monoisotopic (exact) mass is 306 g/mol. The predicted molar refractivity (Wildman–Crippen MR) is 85.3 cm³/mol. The molecule has 0 heterocycles. The van der Waals surface area contributed by atoms with Gasteiger partial charge in [0.15, 0.2) is 0 Å². The third-order valence-corrected chi connectivity index (χ3v) is 3.22. The van der Waals surface area contributed by atoms with Crippen molar-refractivity contribution >= 4 is 11.6 Å². The number of alkyl halides is 1. The average Bonchev–Trinajstić information content (AvgIpc) is 2.54. The first-order valence-corrected chi connectivity index (χ1v) is 7.50.